The van der Waals surface area contributed by atoms with Gasteiger partial charge in [0.1, 0.15) is 11.8 Å². The Hall–Kier alpha value is -1.10. The lowest BCUT2D eigenvalue weighted by Gasteiger charge is -2.17. The summed E-state index contributed by atoms with van der Waals surface area (Å²) in [5.74, 6) is 6.44. The summed E-state index contributed by atoms with van der Waals surface area (Å²) in [5.41, 5.74) is 6.40. The number of hydrazine groups is 1. The molecule has 1 atom stereocenters. The summed E-state index contributed by atoms with van der Waals surface area (Å²) in [4.78, 5) is 0. The number of rotatable bonds is 3. The molecule has 17 heavy (non-hydrogen) atoms. The highest BCUT2D eigenvalue weighted by molar-refractivity contribution is 9.10. The van der Waals surface area contributed by atoms with E-state index in [-0.39, 0.29) is 6.04 Å². The molecule has 0 spiro atoms. The van der Waals surface area contributed by atoms with E-state index in [4.69, 9.17) is 10.3 Å². The monoisotopic (exact) mass is 294 g/mol. The molecule has 0 aliphatic rings. The minimum atomic E-state index is -0.124. The fraction of sp³-hybridized carbons (Fsp3) is 0.231. The molecule has 0 aliphatic carbocycles. The maximum Gasteiger partial charge on any atom is 0.169 e. The number of halogens is 1. The molecule has 3 N–H and O–H groups in total. The van der Waals surface area contributed by atoms with Crippen molar-refractivity contribution in [3.8, 4) is 0 Å². The largest absolute Gasteiger partial charge is 0.452 e. The number of aryl methyl sites for hydroxylation is 1. The number of nitrogens with one attached hydrogen (secondary N) is 1. The first-order chi connectivity index (χ1) is 8.13. The maximum absolute atomic E-state index is 5.64. The SMILES string of the molecule is Cc1cccc(C(NN)c2ccc(Br)o2)c1C. The van der Waals surface area contributed by atoms with Gasteiger partial charge < -0.3 is 4.42 Å². The van der Waals surface area contributed by atoms with Gasteiger partial charge in [0.2, 0.25) is 0 Å². The topological polar surface area (TPSA) is 51.2 Å². The minimum absolute atomic E-state index is 0.124. The Morgan fingerprint density at radius 3 is 2.59 bits per heavy atom. The second kappa shape index (κ2) is 5.04. The van der Waals surface area contributed by atoms with Crippen molar-refractivity contribution in [1.82, 2.24) is 5.43 Å². The molecule has 0 fully saturated rings. The van der Waals surface area contributed by atoms with Crippen LogP contribution in [0.3, 0.4) is 0 Å². The van der Waals surface area contributed by atoms with Crippen LogP contribution in [-0.4, -0.2) is 0 Å². The maximum atomic E-state index is 5.64. The number of hydrogen-bond donors (Lipinski definition) is 2. The van der Waals surface area contributed by atoms with E-state index in [0.717, 1.165) is 11.3 Å². The Kier molecular flexibility index (Phi) is 3.66. The zero-order valence-corrected chi connectivity index (χ0v) is 11.4. The molecular weight excluding hydrogens is 280 g/mol. The molecule has 90 valence electrons. The van der Waals surface area contributed by atoms with E-state index in [0.29, 0.717) is 4.67 Å². The van der Waals surface area contributed by atoms with Gasteiger partial charge in [0.15, 0.2) is 4.67 Å². The molecule has 0 radical (unpaired) electrons. The zero-order valence-electron chi connectivity index (χ0n) is 9.83. The van der Waals surface area contributed by atoms with E-state index < -0.39 is 0 Å². The van der Waals surface area contributed by atoms with E-state index in [1.807, 2.05) is 18.2 Å². The number of hydrogen-bond acceptors (Lipinski definition) is 3. The predicted octanol–water partition coefficient (Wildman–Crippen LogP) is 3.21. The predicted molar refractivity (Wildman–Crippen MR) is 71.5 cm³/mol. The number of furan rings is 1. The van der Waals surface area contributed by atoms with E-state index in [1.54, 1.807) is 0 Å². The van der Waals surface area contributed by atoms with Gasteiger partial charge in [-0.05, 0) is 58.6 Å². The van der Waals surface area contributed by atoms with Crippen molar-refractivity contribution in [2.75, 3.05) is 0 Å². The van der Waals surface area contributed by atoms with Gasteiger partial charge in [0.25, 0.3) is 0 Å². The molecule has 0 amide bonds. The van der Waals surface area contributed by atoms with Crippen LogP contribution in [0.4, 0.5) is 0 Å². The number of benzene rings is 1. The number of nitrogens with two attached hydrogens (primary N) is 1. The first kappa shape index (κ1) is 12.4. The lowest BCUT2D eigenvalue weighted by Crippen LogP contribution is -2.29. The zero-order chi connectivity index (χ0) is 12.4. The minimum Gasteiger partial charge on any atom is -0.452 e. The molecule has 1 unspecified atom stereocenters. The smallest absolute Gasteiger partial charge is 0.169 e. The Morgan fingerprint density at radius 1 is 1.24 bits per heavy atom. The summed E-state index contributed by atoms with van der Waals surface area (Å²) in [6, 6.07) is 9.83. The molecular formula is C13H15BrN2O. The third-order valence-electron chi connectivity index (χ3n) is 3.00. The highest BCUT2D eigenvalue weighted by atomic mass is 79.9. The van der Waals surface area contributed by atoms with Crippen LogP contribution in [0, 0.1) is 13.8 Å². The van der Waals surface area contributed by atoms with Gasteiger partial charge in [-0.2, -0.15) is 0 Å². The van der Waals surface area contributed by atoms with Gasteiger partial charge in [-0.1, -0.05) is 18.2 Å². The summed E-state index contributed by atoms with van der Waals surface area (Å²) in [5, 5.41) is 0. The van der Waals surface area contributed by atoms with E-state index in [1.165, 1.54) is 11.1 Å². The molecule has 0 saturated carbocycles. The highest BCUT2D eigenvalue weighted by Crippen LogP contribution is 2.28. The van der Waals surface area contributed by atoms with Gasteiger partial charge in [-0.3, -0.25) is 5.84 Å². The van der Waals surface area contributed by atoms with Crippen LogP contribution in [0.2, 0.25) is 0 Å². The van der Waals surface area contributed by atoms with Gasteiger partial charge >= 0.3 is 0 Å². The Labute approximate surface area is 109 Å². The average Bonchev–Trinajstić information content (AvgIpc) is 2.72. The van der Waals surface area contributed by atoms with E-state index in [2.05, 4.69) is 47.3 Å². The van der Waals surface area contributed by atoms with Crippen LogP contribution < -0.4 is 11.3 Å². The third-order valence-corrected chi connectivity index (χ3v) is 3.43. The second-order valence-corrected chi connectivity index (χ2v) is 4.81. The molecule has 4 heteroatoms. The Morgan fingerprint density at radius 2 is 2.00 bits per heavy atom. The fourth-order valence-corrected chi connectivity index (χ4v) is 2.21. The molecule has 1 aromatic carbocycles. The van der Waals surface area contributed by atoms with Crippen molar-refractivity contribution in [2.24, 2.45) is 5.84 Å². The van der Waals surface area contributed by atoms with Crippen LogP contribution >= 0.6 is 15.9 Å². The summed E-state index contributed by atoms with van der Waals surface area (Å²) >= 11 is 3.30. The van der Waals surface area contributed by atoms with Crippen LogP contribution in [0.5, 0.6) is 0 Å². The van der Waals surface area contributed by atoms with Crippen molar-refractivity contribution < 1.29 is 4.42 Å². The van der Waals surface area contributed by atoms with Gasteiger partial charge in [0, 0.05) is 0 Å². The van der Waals surface area contributed by atoms with Gasteiger partial charge in [0.05, 0.1) is 0 Å². The molecule has 3 nitrogen and oxygen atoms in total. The van der Waals surface area contributed by atoms with Crippen molar-refractivity contribution in [3.05, 3.63) is 57.5 Å². The lowest BCUT2D eigenvalue weighted by molar-refractivity contribution is 0.436. The van der Waals surface area contributed by atoms with Crippen molar-refractivity contribution in [3.63, 3.8) is 0 Å². The van der Waals surface area contributed by atoms with E-state index in [9.17, 15) is 0 Å². The quantitative estimate of drug-likeness (QED) is 0.675. The summed E-state index contributed by atoms with van der Waals surface area (Å²) in [6.45, 7) is 4.18. The van der Waals surface area contributed by atoms with Crippen LogP contribution in [-0.2, 0) is 0 Å². The van der Waals surface area contributed by atoms with Crippen molar-refractivity contribution in [1.29, 1.82) is 0 Å². The van der Waals surface area contributed by atoms with Gasteiger partial charge in [-0.25, -0.2) is 5.43 Å². The third kappa shape index (κ3) is 2.44. The summed E-state index contributed by atoms with van der Waals surface area (Å²) in [6.07, 6.45) is 0. The normalized spacial score (nSPS) is 12.7. The van der Waals surface area contributed by atoms with Gasteiger partial charge in [-0.15, -0.1) is 0 Å². The summed E-state index contributed by atoms with van der Waals surface area (Å²) < 4.78 is 6.27. The average molecular weight is 295 g/mol. The van der Waals surface area contributed by atoms with Crippen LogP contribution in [0.15, 0.2) is 39.4 Å². The Balaban J connectivity index is 2.45. The second-order valence-electron chi connectivity index (χ2n) is 4.03. The molecule has 0 bridgehead atoms. The molecule has 0 saturated heterocycles. The van der Waals surface area contributed by atoms with Crippen molar-refractivity contribution >= 4 is 15.9 Å². The van der Waals surface area contributed by atoms with Crippen LogP contribution in [0.1, 0.15) is 28.5 Å². The first-order valence-corrected chi connectivity index (χ1v) is 6.20. The first-order valence-electron chi connectivity index (χ1n) is 5.41. The molecule has 0 aliphatic heterocycles. The van der Waals surface area contributed by atoms with Crippen molar-refractivity contribution in [2.45, 2.75) is 19.9 Å². The fourth-order valence-electron chi connectivity index (χ4n) is 1.90. The standard InChI is InChI=1S/C13H15BrN2O/c1-8-4-3-5-10(9(8)2)13(16-15)11-6-7-12(14)17-11/h3-7,13,16H,15H2,1-2H3. The lowest BCUT2D eigenvalue weighted by atomic mass is 9.96. The molecule has 2 aromatic rings. The molecule has 2 rings (SSSR count). The highest BCUT2D eigenvalue weighted by Gasteiger charge is 2.18. The van der Waals surface area contributed by atoms with E-state index >= 15 is 0 Å². The molecule has 1 heterocycles. The molecule has 1 aromatic heterocycles. The Bertz CT molecular complexity index is 522. The summed E-state index contributed by atoms with van der Waals surface area (Å²) in [7, 11) is 0. The van der Waals surface area contributed by atoms with Crippen LogP contribution in [0.25, 0.3) is 0 Å².